The number of hydrogen-bond donors (Lipinski definition) is 1. The van der Waals surface area contributed by atoms with E-state index in [0.29, 0.717) is 5.56 Å². The van der Waals surface area contributed by atoms with Gasteiger partial charge in [0.2, 0.25) is 0 Å². The van der Waals surface area contributed by atoms with E-state index in [4.69, 9.17) is 0 Å². The molecule has 4 nitrogen and oxygen atoms in total. The van der Waals surface area contributed by atoms with Crippen LogP contribution in [0.5, 0.6) is 0 Å². The lowest BCUT2D eigenvalue weighted by Crippen LogP contribution is -2.36. The molecular weight excluding hydrogens is 240 g/mol. The first-order valence-electron chi connectivity index (χ1n) is 7.01. The molecule has 2 rings (SSSR count). The number of nitrogens with one attached hydrogen (secondary N) is 1. The van der Waals surface area contributed by atoms with Crippen molar-refractivity contribution in [2.75, 3.05) is 6.54 Å². The Bertz CT molecular complexity index is 513. The molecule has 0 atom stereocenters. The number of carbonyl (C=O) groups excluding carboxylic acids is 1. The molecule has 0 aliphatic heterocycles. The van der Waals surface area contributed by atoms with Crippen molar-refractivity contribution in [3.05, 3.63) is 34.2 Å². The van der Waals surface area contributed by atoms with E-state index in [2.05, 4.69) is 12.2 Å². The van der Waals surface area contributed by atoms with Crippen molar-refractivity contribution in [1.82, 2.24) is 9.88 Å². The summed E-state index contributed by atoms with van der Waals surface area (Å²) < 4.78 is 1.46. The minimum absolute atomic E-state index is 0.141. The highest BCUT2D eigenvalue weighted by atomic mass is 16.2. The van der Waals surface area contributed by atoms with Crippen molar-refractivity contribution in [2.24, 2.45) is 12.5 Å². The standard InChI is InChI=1S/C15H22N2O2/c1-3-15(7-4-5-8-15)11-16-14(19)12-6-9-17(2)13(18)10-12/h6,9-10H,3-5,7-8,11H2,1-2H3,(H,16,19). The van der Waals surface area contributed by atoms with Crippen LogP contribution >= 0.6 is 0 Å². The molecule has 0 radical (unpaired) electrons. The fourth-order valence-corrected chi connectivity index (χ4v) is 2.84. The van der Waals surface area contributed by atoms with Crippen molar-refractivity contribution in [3.8, 4) is 0 Å². The molecule has 0 spiro atoms. The molecule has 1 N–H and O–H groups in total. The fraction of sp³-hybridized carbons (Fsp3) is 0.600. The highest BCUT2D eigenvalue weighted by molar-refractivity contribution is 5.93. The van der Waals surface area contributed by atoms with Crippen LogP contribution in [0.15, 0.2) is 23.1 Å². The third-order valence-electron chi connectivity index (χ3n) is 4.40. The SMILES string of the molecule is CCC1(CNC(=O)c2ccn(C)c(=O)c2)CCCC1. The first kappa shape index (κ1) is 13.8. The van der Waals surface area contributed by atoms with Crippen molar-refractivity contribution >= 4 is 5.91 Å². The second-order valence-corrected chi connectivity index (χ2v) is 5.61. The van der Waals surface area contributed by atoms with Crippen LogP contribution in [0, 0.1) is 5.41 Å². The maximum atomic E-state index is 12.1. The Morgan fingerprint density at radius 1 is 1.42 bits per heavy atom. The number of carbonyl (C=O) groups is 1. The van der Waals surface area contributed by atoms with E-state index in [0.717, 1.165) is 13.0 Å². The number of rotatable bonds is 4. The summed E-state index contributed by atoms with van der Waals surface area (Å²) in [7, 11) is 1.68. The smallest absolute Gasteiger partial charge is 0.251 e. The molecule has 1 saturated carbocycles. The van der Waals surface area contributed by atoms with Crippen LogP contribution < -0.4 is 10.9 Å². The second-order valence-electron chi connectivity index (χ2n) is 5.61. The Balaban J connectivity index is 2.01. The van der Waals surface area contributed by atoms with Gasteiger partial charge in [-0.25, -0.2) is 0 Å². The Kier molecular flexibility index (Phi) is 4.08. The number of aryl methyl sites for hydroxylation is 1. The lowest BCUT2D eigenvalue weighted by Gasteiger charge is -2.27. The van der Waals surface area contributed by atoms with Crippen molar-refractivity contribution in [2.45, 2.75) is 39.0 Å². The molecule has 0 saturated heterocycles. The number of aromatic nitrogens is 1. The van der Waals surface area contributed by atoms with Crippen molar-refractivity contribution in [3.63, 3.8) is 0 Å². The van der Waals surface area contributed by atoms with E-state index in [1.807, 2.05) is 0 Å². The summed E-state index contributed by atoms with van der Waals surface area (Å²) >= 11 is 0. The zero-order valence-corrected chi connectivity index (χ0v) is 11.7. The van der Waals surface area contributed by atoms with Crippen LogP contribution in [-0.4, -0.2) is 17.0 Å². The van der Waals surface area contributed by atoms with E-state index in [9.17, 15) is 9.59 Å². The number of nitrogens with zero attached hydrogens (tertiary/aromatic N) is 1. The van der Waals surface area contributed by atoms with Crippen LogP contribution in [0.4, 0.5) is 0 Å². The van der Waals surface area contributed by atoms with Gasteiger partial charge in [0.05, 0.1) is 0 Å². The van der Waals surface area contributed by atoms with Gasteiger partial charge in [-0.3, -0.25) is 9.59 Å². The van der Waals surface area contributed by atoms with Crippen LogP contribution in [0.3, 0.4) is 0 Å². The largest absolute Gasteiger partial charge is 0.351 e. The summed E-state index contributed by atoms with van der Waals surface area (Å²) in [5, 5.41) is 2.99. The molecule has 1 aromatic rings. The lowest BCUT2D eigenvalue weighted by atomic mass is 9.83. The molecule has 0 unspecified atom stereocenters. The third kappa shape index (κ3) is 3.06. The quantitative estimate of drug-likeness (QED) is 0.903. The molecule has 1 aliphatic rings. The van der Waals surface area contributed by atoms with Crippen LogP contribution in [-0.2, 0) is 7.05 Å². The van der Waals surface area contributed by atoms with Gasteiger partial charge in [-0.1, -0.05) is 19.8 Å². The monoisotopic (exact) mass is 262 g/mol. The van der Waals surface area contributed by atoms with E-state index in [1.165, 1.54) is 36.3 Å². The second kappa shape index (κ2) is 5.59. The lowest BCUT2D eigenvalue weighted by molar-refractivity contribution is 0.0928. The molecule has 1 aromatic heterocycles. The molecule has 19 heavy (non-hydrogen) atoms. The van der Waals surface area contributed by atoms with Gasteiger partial charge >= 0.3 is 0 Å². The molecule has 0 aromatic carbocycles. The Morgan fingerprint density at radius 3 is 2.68 bits per heavy atom. The highest BCUT2D eigenvalue weighted by Crippen LogP contribution is 2.40. The molecule has 104 valence electrons. The molecule has 0 bridgehead atoms. The number of pyridine rings is 1. The van der Waals surface area contributed by atoms with Crippen molar-refractivity contribution < 1.29 is 4.79 Å². The summed E-state index contributed by atoms with van der Waals surface area (Å²) in [5.41, 5.74) is 0.571. The molecule has 1 heterocycles. The zero-order chi connectivity index (χ0) is 13.9. The average molecular weight is 262 g/mol. The molecule has 4 heteroatoms. The maximum absolute atomic E-state index is 12.1. The van der Waals surface area contributed by atoms with Crippen LogP contribution in [0.1, 0.15) is 49.4 Å². The first-order valence-corrected chi connectivity index (χ1v) is 7.01. The van der Waals surface area contributed by atoms with Gasteiger partial charge in [-0.2, -0.15) is 0 Å². The van der Waals surface area contributed by atoms with E-state index in [-0.39, 0.29) is 16.9 Å². The topological polar surface area (TPSA) is 51.1 Å². The van der Waals surface area contributed by atoms with Crippen LogP contribution in [0.25, 0.3) is 0 Å². The maximum Gasteiger partial charge on any atom is 0.251 e. The van der Waals surface area contributed by atoms with Crippen molar-refractivity contribution in [1.29, 1.82) is 0 Å². The molecule has 1 aliphatic carbocycles. The Hall–Kier alpha value is -1.58. The predicted octanol–water partition coefficient (Wildman–Crippen LogP) is 2.09. The van der Waals surface area contributed by atoms with E-state index >= 15 is 0 Å². The highest BCUT2D eigenvalue weighted by Gasteiger charge is 2.32. The normalized spacial score (nSPS) is 17.4. The van der Waals surface area contributed by atoms with Crippen LogP contribution in [0.2, 0.25) is 0 Å². The number of amides is 1. The Labute approximate surface area is 113 Å². The van der Waals surface area contributed by atoms with Gasteiger partial charge in [0.25, 0.3) is 11.5 Å². The third-order valence-corrected chi connectivity index (χ3v) is 4.40. The molecule has 1 amide bonds. The summed E-state index contributed by atoms with van der Waals surface area (Å²) in [6.07, 6.45) is 7.64. The molecular formula is C15H22N2O2. The Morgan fingerprint density at radius 2 is 2.11 bits per heavy atom. The molecule has 1 fully saturated rings. The summed E-state index contributed by atoms with van der Waals surface area (Å²) in [6.45, 7) is 2.91. The van der Waals surface area contributed by atoms with Gasteiger partial charge in [0.1, 0.15) is 0 Å². The number of hydrogen-bond acceptors (Lipinski definition) is 2. The summed E-state index contributed by atoms with van der Waals surface area (Å²) in [6, 6.07) is 3.08. The summed E-state index contributed by atoms with van der Waals surface area (Å²) in [4.78, 5) is 23.6. The van der Waals surface area contributed by atoms with Gasteiger partial charge in [-0.05, 0) is 30.7 Å². The van der Waals surface area contributed by atoms with Gasteiger partial charge < -0.3 is 9.88 Å². The van der Waals surface area contributed by atoms with Gasteiger partial charge in [-0.15, -0.1) is 0 Å². The first-order chi connectivity index (χ1) is 9.06. The average Bonchev–Trinajstić information content (AvgIpc) is 2.89. The van der Waals surface area contributed by atoms with E-state index in [1.54, 1.807) is 19.3 Å². The summed E-state index contributed by atoms with van der Waals surface area (Å²) in [5.74, 6) is -0.141. The minimum atomic E-state index is -0.154. The zero-order valence-electron chi connectivity index (χ0n) is 11.7. The minimum Gasteiger partial charge on any atom is -0.351 e. The van der Waals surface area contributed by atoms with Gasteiger partial charge in [0.15, 0.2) is 0 Å². The van der Waals surface area contributed by atoms with E-state index < -0.39 is 0 Å². The predicted molar refractivity (Wildman–Crippen MR) is 75.2 cm³/mol. The fourth-order valence-electron chi connectivity index (χ4n) is 2.84. The van der Waals surface area contributed by atoms with Gasteiger partial charge in [0, 0.05) is 31.4 Å².